The highest BCUT2D eigenvalue weighted by Gasteiger charge is 2.10. The smallest absolute Gasteiger partial charge is 0.122 e. The average Bonchev–Trinajstić information content (AvgIpc) is 2.61. The van der Waals surface area contributed by atoms with Gasteiger partial charge in [0.05, 0.1) is 12.8 Å². The Labute approximate surface area is 77.0 Å². The van der Waals surface area contributed by atoms with Crippen molar-refractivity contribution in [2.24, 2.45) is 5.16 Å². The molecular formula is C10H11NO2. The summed E-state index contributed by atoms with van der Waals surface area (Å²) in [5.74, 6) is 0.995. The van der Waals surface area contributed by atoms with Crippen LogP contribution in [-0.2, 0) is 11.3 Å². The van der Waals surface area contributed by atoms with Crippen molar-refractivity contribution in [1.82, 2.24) is 0 Å². The first-order valence-electron chi connectivity index (χ1n) is 4.22. The monoisotopic (exact) mass is 177 g/mol. The van der Waals surface area contributed by atoms with Gasteiger partial charge >= 0.3 is 0 Å². The highest BCUT2D eigenvalue weighted by molar-refractivity contribution is 5.80. The summed E-state index contributed by atoms with van der Waals surface area (Å²) in [5, 5.41) is 3.70. The molecule has 1 aromatic carbocycles. The molecule has 0 saturated carbocycles. The zero-order valence-electron chi connectivity index (χ0n) is 7.49. The van der Waals surface area contributed by atoms with E-state index in [1.165, 1.54) is 12.7 Å². The van der Waals surface area contributed by atoms with Crippen LogP contribution in [0.15, 0.2) is 23.4 Å². The van der Waals surface area contributed by atoms with Crippen LogP contribution in [-0.4, -0.2) is 19.9 Å². The fourth-order valence-electron chi connectivity index (χ4n) is 1.40. The predicted octanol–water partition coefficient (Wildman–Crippen LogP) is 1.60. The van der Waals surface area contributed by atoms with Crippen LogP contribution in [0.3, 0.4) is 0 Å². The first-order valence-corrected chi connectivity index (χ1v) is 4.22. The standard InChI is InChI=1S/C10H11NO2/c1-12-11-7-8-2-3-10-9(6-8)4-5-13-10/h2-3,6-7H,4-5H2,1H3/b11-7+. The Balaban J connectivity index is 2.25. The van der Waals surface area contributed by atoms with Gasteiger partial charge < -0.3 is 9.57 Å². The van der Waals surface area contributed by atoms with Gasteiger partial charge in [0.25, 0.3) is 0 Å². The third kappa shape index (κ3) is 1.64. The second-order valence-corrected chi connectivity index (χ2v) is 2.88. The second-order valence-electron chi connectivity index (χ2n) is 2.88. The number of ether oxygens (including phenoxy) is 1. The topological polar surface area (TPSA) is 30.8 Å². The maximum Gasteiger partial charge on any atom is 0.122 e. The minimum Gasteiger partial charge on any atom is -0.493 e. The first kappa shape index (κ1) is 8.10. The Kier molecular flexibility index (Phi) is 2.17. The number of benzene rings is 1. The van der Waals surface area contributed by atoms with E-state index < -0.39 is 0 Å². The number of hydrogen-bond donors (Lipinski definition) is 0. The molecule has 3 heteroatoms. The number of hydrogen-bond acceptors (Lipinski definition) is 3. The van der Waals surface area contributed by atoms with E-state index >= 15 is 0 Å². The maximum absolute atomic E-state index is 5.38. The van der Waals surface area contributed by atoms with Crippen LogP contribution in [0.4, 0.5) is 0 Å². The number of rotatable bonds is 2. The van der Waals surface area contributed by atoms with Crippen molar-refractivity contribution in [3.8, 4) is 5.75 Å². The van der Waals surface area contributed by atoms with Crippen LogP contribution in [0.5, 0.6) is 5.75 Å². The lowest BCUT2D eigenvalue weighted by Gasteiger charge is -1.98. The molecule has 0 N–H and O–H groups in total. The Morgan fingerprint density at radius 2 is 2.46 bits per heavy atom. The van der Waals surface area contributed by atoms with Crippen molar-refractivity contribution in [2.75, 3.05) is 13.7 Å². The molecule has 2 rings (SSSR count). The van der Waals surface area contributed by atoms with Crippen molar-refractivity contribution in [1.29, 1.82) is 0 Å². The largest absolute Gasteiger partial charge is 0.493 e. The maximum atomic E-state index is 5.38. The fourth-order valence-corrected chi connectivity index (χ4v) is 1.40. The lowest BCUT2D eigenvalue weighted by atomic mass is 10.1. The molecule has 0 bridgehead atoms. The Morgan fingerprint density at radius 1 is 1.54 bits per heavy atom. The summed E-state index contributed by atoms with van der Waals surface area (Å²) in [5.41, 5.74) is 2.30. The number of oxime groups is 1. The average molecular weight is 177 g/mol. The van der Waals surface area contributed by atoms with E-state index in [0.29, 0.717) is 0 Å². The van der Waals surface area contributed by atoms with Crippen LogP contribution in [0.1, 0.15) is 11.1 Å². The second kappa shape index (κ2) is 3.47. The van der Waals surface area contributed by atoms with Gasteiger partial charge in [0.15, 0.2) is 0 Å². The molecule has 1 aliphatic rings. The highest BCUT2D eigenvalue weighted by Crippen LogP contribution is 2.25. The van der Waals surface area contributed by atoms with Crippen LogP contribution in [0, 0.1) is 0 Å². The van der Waals surface area contributed by atoms with Crippen molar-refractivity contribution < 1.29 is 9.57 Å². The van der Waals surface area contributed by atoms with E-state index in [9.17, 15) is 0 Å². The summed E-state index contributed by atoms with van der Waals surface area (Å²) < 4.78 is 5.38. The molecule has 0 aromatic heterocycles. The van der Waals surface area contributed by atoms with Gasteiger partial charge in [0.2, 0.25) is 0 Å². The van der Waals surface area contributed by atoms with Gasteiger partial charge in [-0.05, 0) is 29.3 Å². The van der Waals surface area contributed by atoms with Crippen molar-refractivity contribution in [3.63, 3.8) is 0 Å². The summed E-state index contributed by atoms with van der Waals surface area (Å²) in [6, 6.07) is 6.01. The molecule has 68 valence electrons. The molecule has 0 atom stereocenters. The third-order valence-corrected chi connectivity index (χ3v) is 2.02. The molecular weight excluding hydrogens is 166 g/mol. The molecule has 0 unspecified atom stereocenters. The lowest BCUT2D eigenvalue weighted by molar-refractivity contribution is 0.215. The summed E-state index contributed by atoms with van der Waals surface area (Å²) >= 11 is 0. The number of nitrogens with zero attached hydrogens (tertiary/aromatic N) is 1. The van der Waals surface area contributed by atoms with Gasteiger partial charge in [-0.1, -0.05) is 5.16 Å². The predicted molar refractivity (Wildman–Crippen MR) is 50.2 cm³/mol. The quantitative estimate of drug-likeness (QED) is 0.507. The van der Waals surface area contributed by atoms with Crippen molar-refractivity contribution >= 4 is 6.21 Å². The molecule has 1 aromatic rings. The molecule has 0 spiro atoms. The highest BCUT2D eigenvalue weighted by atomic mass is 16.6. The van der Waals surface area contributed by atoms with Crippen LogP contribution < -0.4 is 4.74 Å². The summed E-state index contributed by atoms with van der Waals surface area (Å²) in [4.78, 5) is 4.60. The minimum atomic E-state index is 0.792. The fraction of sp³-hybridized carbons (Fsp3) is 0.300. The van der Waals surface area contributed by atoms with Crippen molar-refractivity contribution in [3.05, 3.63) is 29.3 Å². The summed E-state index contributed by atoms with van der Waals surface area (Å²) in [6.45, 7) is 0.792. The SMILES string of the molecule is CO/N=C/c1ccc2c(c1)CCO2. The van der Waals surface area contributed by atoms with Gasteiger partial charge in [-0.15, -0.1) is 0 Å². The van der Waals surface area contributed by atoms with Crippen LogP contribution in [0.25, 0.3) is 0 Å². The Morgan fingerprint density at radius 3 is 3.31 bits per heavy atom. The normalized spacial score (nSPS) is 14.2. The molecule has 0 aliphatic carbocycles. The van der Waals surface area contributed by atoms with E-state index in [-0.39, 0.29) is 0 Å². The minimum absolute atomic E-state index is 0.792. The van der Waals surface area contributed by atoms with Gasteiger partial charge in [-0.3, -0.25) is 0 Å². The van der Waals surface area contributed by atoms with Gasteiger partial charge in [0, 0.05) is 6.42 Å². The van der Waals surface area contributed by atoms with Crippen LogP contribution >= 0.6 is 0 Å². The molecule has 0 amide bonds. The third-order valence-electron chi connectivity index (χ3n) is 2.02. The molecule has 1 aliphatic heterocycles. The van der Waals surface area contributed by atoms with E-state index in [1.54, 1.807) is 6.21 Å². The van der Waals surface area contributed by atoms with E-state index in [1.807, 2.05) is 12.1 Å². The van der Waals surface area contributed by atoms with Gasteiger partial charge in [-0.25, -0.2) is 0 Å². The molecule has 0 radical (unpaired) electrons. The lowest BCUT2D eigenvalue weighted by Crippen LogP contribution is -1.85. The van der Waals surface area contributed by atoms with Crippen LogP contribution in [0.2, 0.25) is 0 Å². The van der Waals surface area contributed by atoms with Gasteiger partial charge in [0.1, 0.15) is 12.9 Å². The van der Waals surface area contributed by atoms with Gasteiger partial charge in [-0.2, -0.15) is 0 Å². The molecule has 1 heterocycles. The molecule has 13 heavy (non-hydrogen) atoms. The van der Waals surface area contributed by atoms with E-state index in [2.05, 4.69) is 16.1 Å². The Hall–Kier alpha value is -1.51. The zero-order valence-corrected chi connectivity index (χ0v) is 7.49. The molecule has 0 fully saturated rings. The van der Waals surface area contributed by atoms with E-state index in [4.69, 9.17) is 4.74 Å². The first-order chi connectivity index (χ1) is 6.40. The van der Waals surface area contributed by atoms with E-state index in [0.717, 1.165) is 24.3 Å². The summed E-state index contributed by atoms with van der Waals surface area (Å²) in [7, 11) is 1.53. The summed E-state index contributed by atoms with van der Waals surface area (Å²) in [6.07, 6.45) is 2.68. The Bertz CT molecular complexity index is 334. The van der Waals surface area contributed by atoms with Crippen molar-refractivity contribution in [2.45, 2.75) is 6.42 Å². The molecule has 0 saturated heterocycles. The molecule has 3 nitrogen and oxygen atoms in total. The zero-order chi connectivity index (χ0) is 9.10. The number of fused-ring (bicyclic) bond motifs is 1.